The molecule has 0 unspecified atom stereocenters. The van der Waals surface area contributed by atoms with E-state index in [9.17, 15) is 9.59 Å². The lowest BCUT2D eigenvalue weighted by Crippen LogP contribution is -2.39. The maximum Gasteiger partial charge on any atom is 0.264 e. The predicted octanol–water partition coefficient (Wildman–Crippen LogP) is 5.11. The van der Waals surface area contributed by atoms with Crippen LogP contribution in [0.3, 0.4) is 0 Å². The summed E-state index contributed by atoms with van der Waals surface area (Å²) < 4.78 is 12.4. The van der Waals surface area contributed by atoms with Gasteiger partial charge in [-0.15, -0.1) is 11.3 Å². The van der Waals surface area contributed by atoms with Crippen LogP contribution in [0.5, 0.6) is 11.5 Å². The number of carbonyl (C=O) groups is 2. The van der Waals surface area contributed by atoms with Gasteiger partial charge >= 0.3 is 0 Å². The van der Waals surface area contributed by atoms with E-state index in [-0.39, 0.29) is 18.4 Å². The van der Waals surface area contributed by atoms with Crippen molar-refractivity contribution >= 4 is 29.1 Å². The molecule has 190 valence electrons. The van der Waals surface area contributed by atoms with Crippen LogP contribution >= 0.6 is 11.3 Å². The Balaban J connectivity index is 1.41. The van der Waals surface area contributed by atoms with Crippen molar-refractivity contribution < 1.29 is 19.1 Å². The van der Waals surface area contributed by atoms with E-state index in [0.29, 0.717) is 29.0 Å². The minimum absolute atomic E-state index is 0.0411. The Labute approximate surface area is 219 Å². The molecule has 1 N–H and O–H groups in total. The molecule has 9 heteroatoms. The zero-order chi connectivity index (χ0) is 25.8. The van der Waals surface area contributed by atoms with E-state index in [1.54, 1.807) is 25.2 Å². The van der Waals surface area contributed by atoms with E-state index in [1.807, 2.05) is 70.7 Å². The van der Waals surface area contributed by atoms with Gasteiger partial charge in [0.05, 0.1) is 24.8 Å². The first-order chi connectivity index (χ1) is 18.0. The Bertz CT molecular complexity index is 1360. The van der Waals surface area contributed by atoms with Crippen molar-refractivity contribution in [2.24, 2.45) is 5.92 Å². The van der Waals surface area contributed by atoms with E-state index in [4.69, 9.17) is 14.5 Å². The van der Waals surface area contributed by atoms with Crippen LogP contribution in [-0.2, 0) is 4.79 Å². The molecule has 0 radical (unpaired) electrons. The molecule has 1 fully saturated rings. The first-order valence-corrected chi connectivity index (χ1v) is 12.9. The van der Waals surface area contributed by atoms with E-state index in [2.05, 4.69) is 5.32 Å². The van der Waals surface area contributed by atoms with Gasteiger partial charge in [-0.1, -0.05) is 6.07 Å². The number of benzene rings is 2. The summed E-state index contributed by atoms with van der Waals surface area (Å²) in [4.78, 5) is 33.3. The van der Waals surface area contributed by atoms with Gasteiger partial charge in [0, 0.05) is 24.0 Å². The number of rotatable bonds is 10. The van der Waals surface area contributed by atoms with Crippen molar-refractivity contribution in [1.29, 1.82) is 0 Å². The van der Waals surface area contributed by atoms with Crippen molar-refractivity contribution in [3.63, 3.8) is 0 Å². The second-order valence-corrected chi connectivity index (χ2v) is 9.85. The number of amides is 2. The lowest BCUT2D eigenvalue weighted by Gasteiger charge is -2.21. The fourth-order valence-corrected chi connectivity index (χ4v) is 4.72. The van der Waals surface area contributed by atoms with E-state index >= 15 is 0 Å². The fraction of sp³-hybridized carbons (Fsp3) is 0.250. The number of hydrogen-bond donors (Lipinski definition) is 1. The summed E-state index contributed by atoms with van der Waals surface area (Å²) in [6.45, 7) is 0.536. The van der Waals surface area contributed by atoms with Crippen LogP contribution in [0.25, 0.3) is 16.9 Å². The summed E-state index contributed by atoms with van der Waals surface area (Å²) in [5.41, 5.74) is 2.39. The molecule has 5 rings (SSSR count). The Morgan fingerprint density at radius 2 is 1.70 bits per heavy atom. The zero-order valence-corrected chi connectivity index (χ0v) is 21.5. The quantitative estimate of drug-likeness (QED) is 0.317. The van der Waals surface area contributed by atoms with Crippen molar-refractivity contribution in [2.75, 3.05) is 32.6 Å². The molecule has 1 aliphatic rings. The van der Waals surface area contributed by atoms with Crippen LogP contribution in [0.15, 0.2) is 72.2 Å². The van der Waals surface area contributed by atoms with Gasteiger partial charge in [0.2, 0.25) is 11.9 Å². The van der Waals surface area contributed by atoms with E-state index in [0.717, 1.165) is 35.6 Å². The van der Waals surface area contributed by atoms with Gasteiger partial charge in [-0.3, -0.25) is 19.5 Å². The Morgan fingerprint density at radius 1 is 1.03 bits per heavy atom. The van der Waals surface area contributed by atoms with E-state index in [1.165, 1.54) is 11.3 Å². The molecule has 8 nitrogen and oxygen atoms in total. The molecule has 2 aromatic carbocycles. The molecular formula is C28H28N4O4S. The summed E-state index contributed by atoms with van der Waals surface area (Å²) >= 11 is 1.39. The molecule has 0 bridgehead atoms. The SMILES string of the molecule is COc1ccc(-c2cn(-c3ccc(OC)cc3)c(NC(=O)CN(CC3CC3)C(=O)c3cccs3)n2)cc1. The summed E-state index contributed by atoms with van der Waals surface area (Å²) in [6, 6.07) is 18.7. The topological polar surface area (TPSA) is 85.7 Å². The minimum atomic E-state index is -0.299. The van der Waals surface area contributed by atoms with Crippen molar-refractivity contribution in [2.45, 2.75) is 12.8 Å². The Morgan fingerprint density at radius 3 is 2.30 bits per heavy atom. The number of anilines is 1. The third kappa shape index (κ3) is 5.83. The molecule has 1 saturated carbocycles. The monoisotopic (exact) mass is 516 g/mol. The van der Waals surface area contributed by atoms with Crippen molar-refractivity contribution in [3.8, 4) is 28.4 Å². The smallest absolute Gasteiger partial charge is 0.264 e. The van der Waals surface area contributed by atoms with Crippen molar-refractivity contribution in [1.82, 2.24) is 14.5 Å². The lowest BCUT2D eigenvalue weighted by atomic mass is 10.1. The summed E-state index contributed by atoms with van der Waals surface area (Å²) in [7, 11) is 3.24. The molecule has 2 aromatic heterocycles. The molecule has 0 aliphatic heterocycles. The van der Waals surface area contributed by atoms with E-state index < -0.39 is 0 Å². The summed E-state index contributed by atoms with van der Waals surface area (Å²) in [6.07, 6.45) is 4.05. The lowest BCUT2D eigenvalue weighted by molar-refractivity contribution is -0.117. The highest BCUT2D eigenvalue weighted by Gasteiger charge is 2.29. The highest BCUT2D eigenvalue weighted by molar-refractivity contribution is 7.12. The molecule has 2 amide bonds. The zero-order valence-electron chi connectivity index (χ0n) is 20.7. The first-order valence-electron chi connectivity index (χ1n) is 12.0. The number of hydrogen-bond acceptors (Lipinski definition) is 6. The molecule has 0 spiro atoms. The number of nitrogens with one attached hydrogen (secondary N) is 1. The van der Waals surface area contributed by atoms with Crippen LogP contribution in [0, 0.1) is 5.92 Å². The molecule has 2 heterocycles. The molecular weight excluding hydrogens is 488 g/mol. The average molecular weight is 517 g/mol. The number of imidazole rings is 1. The second-order valence-electron chi connectivity index (χ2n) is 8.90. The molecule has 37 heavy (non-hydrogen) atoms. The van der Waals surface area contributed by atoms with Crippen LogP contribution in [-0.4, -0.2) is 53.6 Å². The molecule has 0 atom stereocenters. The largest absolute Gasteiger partial charge is 0.497 e. The predicted molar refractivity (Wildman–Crippen MR) is 144 cm³/mol. The first kappa shape index (κ1) is 24.6. The normalized spacial score (nSPS) is 12.7. The average Bonchev–Trinajstić information content (AvgIpc) is 3.39. The number of thiophene rings is 1. The molecule has 1 aliphatic carbocycles. The Hall–Kier alpha value is -4.11. The third-order valence-electron chi connectivity index (χ3n) is 6.22. The van der Waals surface area contributed by atoms with Gasteiger partial charge in [0.1, 0.15) is 18.0 Å². The minimum Gasteiger partial charge on any atom is -0.497 e. The maximum absolute atomic E-state index is 13.2. The molecule has 0 saturated heterocycles. The van der Waals surface area contributed by atoms with Gasteiger partial charge in [0.15, 0.2) is 0 Å². The van der Waals surface area contributed by atoms with Gasteiger partial charge in [0.25, 0.3) is 5.91 Å². The summed E-state index contributed by atoms with van der Waals surface area (Å²) in [5.74, 6) is 1.89. The van der Waals surface area contributed by atoms with Gasteiger partial charge in [-0.2, -0.15) is 0 Å². The second kappa shape index (κ2) is 10.9. The Kier molecular flexibility index (Phi) is 7.23. The number of ether oxygens (including phenoxy) is 2. The molecule has 4 aromatic rings. The number of nitrogens with zero attached hydrogens (tertiary/aromatic N) is 3. The highest BCUT2D eigenvalue weighted by atomic mass is 32.1. The van der Waals surface area contributed by atoms with Crippen LogP contribution in [0.1, 0.15) is 22.5 Å². The maximum atomic E-state index is 13.2. The van der Waals surface area contributed by atoms with Gasteiger partial charge < -0.3 is 14.4 Å². The highest BCUT2D eigenvalue weighted by Crippen LogP contribution is 2.31. The fourth-order valence-electron chi connectivity index (χ4n) is 4.03. The van der Waals surface area contributed by atoms with Crippen LogP contribution in [0.2, 0.25) is 0 Å². The van der Waals surface area contributed by atoms with Crippen molar-refractivity contribution in [3.05, 3.63) is 77.1 Å². The van der Waals surface area contributed by atoms with Crippen LogP contribution < -0.4 is 14.8 Å². The van der Waals surface area contributed by atoms with Crippen LogP contribution in [0.4, 0.5) is 5.95 Å². The van der Waals surface area contributed by atoms with Gasteiger partial charge in [-0.25, -0.2) is 4.98 Å². The summed E-state index contributed by atoms with van der Waals surface area (Å²) in [5, 5.41) is 4.81. The number of methoxy groups -OCH3 is 2. The number of carbonyl (C=O) groups excluding carboxylic acids is 2. The van der Waals surface area contributed by atoms with Gasteiger partial charge in [-0.05, 0) is 78.7 Å². The third-order valence-corrected chi connectivity index (χ3v) is 7.08. The standard InChI is InChI=1S/C28H28N4O4S/c1-35-22-11-7-20(8-12-22)24-17-32(21-9-13-23(36-2)14-10-21)28(29-24)30-26(33)18-31(16-19-5-6-19)27(34)25-4-3-15-37-25/h3-4,7-15,17,19H,5-6,16,18H2,1-2H3,(H,29,30,33). The number of aromatic nitrogens is 2.